The maximum absolute atomic E-state index is 11.2. The molecule has 0 fully saturated rings. The summed E-state index contributed by atoms with van der Waals surface area (Å²) in [6.45, 7) is 1.45. The Hall–Kier alpha value is 0.130. The van der Waals surface area contributed by atoms with Gasteiger partial charge in [-0.25, -0.2) is 9.36 Å². The van der Waals surface area contributed by atoms with E-state index in [0.717, 1.165) is 0 Å². The third-order valence-corrected chi connectivity index (χ3v) is 2.97. The van der Waals surface area contributed by atoms with Crippen molar-refractivity contribution in [1.29, 1.82) is 0 Å². The first kappa shape index (κ1) is 17.1. The van der Waals surface area contributed by atoms with Crippen molar-refractivity contribution in [2.75, 3.05) is 6.61 Å². The minimum atomic E-state index is -4.35. The van der Waals surface area contributed by atoms with E-state index in [9.17, 15) is 9.36 Å². The van der Waals surface area contributed by atoms with Crippen molar-refractivity contribution < 1.29 is 23.5 Å². The molecule has 1 aromatic rings. The van der Waals surface area contributed by atoms with Gasteiger partial charge < -0.3 is 14.2 Å². The van der Waals surface area contributed by atoms with Gasteiger partial charge in [0.15, 0.2) is 0 Å². The number of halogens is 1. The van der Waals surface area contributed by atoms with Crippen LogP contribution in [0.15, 0.2) is 24.3 Å². The van der Waals surface area contributed by atoms with Crippen molar-refractivity contribution in [2.24, 2.45) is 0 Å². The Balaban J connectivity index is 0.00000256. The van der Waals surface area contributed by atoms with Crippen LogP contribution in [0, 0.1) is 0 Å². The van der Waals surface area contributed by atoms with Gasteiger partial charge in [-0.2, -0.15) is 0 Å². The topological polar surface area (TPSA) is 72.8 Å². The number of carbonyl (C=O) groups is 1. The second-order valence-electron chi connectivity index (χ2n) is 2.76. The molecule has 0 saturated heterocycles. The maximum atomic E-state index is 11.2. The van der Waals surface area contributed by atoms with Crippen molar-refractivity contribution >= 4 is 54.5 Å². The summed E-state index contributed by atoms with van der Waals surface area (Å²) < 4.78 is 20.3. The van der Waals surface area contributed by atoms with E-state index in [1.54, 1.807) is 0 Å². The number of carbonyl (C=O) groups excluding carboxylic acids is 1. The molecule has 0 saturated carbocycles. The average Bonchev–Trinajstić information content (AvgIpc) is 2.21. The summed E-state index contributed by atoms with van der Waals surface area (Å²) in [5.74, 6) is 0.128. The molecule has 0 aliphatic carbocycles. The van der Waals surface area contributed by atoms with Gasteiger partial charge in [-0.1, -0.05) is 11.6 Å². The van der Waals surface area contributed by atoms with Gasteiger partial charge in [0.1, 0.15) is 5.75 Å². The van der Waals surface area contributed by atoms with Crippen LogP contribution in [-0.2, 0) is 9.09 Å². The van der Waals surface area contributed by atoms with Crippen LogP contribution in [0.25, 0.3) is 0 Å². The van der Waals surface area contributed by atoms with Crippen LogP contribution in [-0.4, -0.2) is 46.8 Å². The molecule has 89 valence electrons. The Labute approximate surface area is 126 Å². The second kappa shape index (κ2) is 7.54. The molecule has 0 aromatic heterocycles. The van der Waals surface area contributed by atoms with E-state index < -0.39 is 13.3 Å². The van der Waals surface area contributed by atoms with E-state index in [4.69, 9.17) is 16.5 Å². The Kier molecular flexibility index (Phi) is 7.60. The van der Waals surface area contributed by atoms with E-state index in [-0.39, 0.29) is 41.9 Å². The molecule has 17 heavy (non-hydrogen) atoms. The van der Waals surface area contributed by atoms with E-state index in [1.165, 1.54) is 31.2 Å². The molecule has 1 radical (unpaired) electrons. The molecule has 1 N–H and O–H groups in total. The predicted octanol–water partition coefficient (Wildman–Crippen LogP) is 2.68. The number of benzene rings is 1. The summed E-state index contributed by atoms with van der Waals surface area (Å²) in [5, 5.41) is 0.469. The van der Waals surface area contributed by atoms with E-state index >= 15 is 0 Å². The van der Waals surface area contributed by atoms with Crippen LogP contribution < -0.4 is 4.74 Å². The predicted molar refractivity (Wildman–Crippen MR) is 64.7 cm³/mol. The fourth-order valence-corrected chi connectivity index (χ4v) is 1.69. The van der Waals surface area contributed by atoms with Crippen LogP contribution in [0.3, 0.4) is 0 Å². The molecule has 0 bridgehead atoms. The summed E-state index contributed by atoms with van der Waals surface area (Å²) in [4.78, 5) is 20.3. The molecule has 0 aliphatic heterocycles. The molecule has 8 heteroatoms. The van der Waals surface area contributed by atoms with Gasteiger partial charge in [-0.15, -0.1) is 0 Å². The molecule has 1 aromatic carbocycles. The Morgan fingerprint density at radius 3 is 2.41 bits per heavy atom. The summed E-state index contributed by atoms with van der Waals surface area (Å²) in [7, 11) is -4.35. The Bertz CT molecular complexity index is 422. The molecular formula is C9H10ClNaO5P. The van der Waals surface area contributed by atoms with Gasteiger partial charge in [0, 0.05) is 34.6 Å². The van der Waals surface area contributed by atoms with Crippen LogP contribution in [0.2, 0.25) is 5.02 Å². The summed E-state index contributed by atoms with van der Waals surface area (Å²) in [6.07, 6.45) is 0. The zero-order valence-corrected chi connectivity index (χ0v) is 13.1. The van der Waals surface area contributed by atoms with Gasteiger partial charge in [0.05, 0.1) is 6.61 Å². The first-order valence-electron chi connectivity index (χ1n) is 4.41. The van der Waals surface area contributed by atoms with Crippen LogP contribution in [0.1, 0.15) is 6.92 Å². The molecular weight excluding hydrogens is 278 g/mol. The van der Waals surface area contributed by atoms with Gasteiger partial charge in [0.2, 0.25) is 0 Å². The second-order valence-corrected chi connectivity index (χ2v) is 4.86. The average molecular weight is 288 g/mol. The van der Waals surface area contributed by atoms with Gasteiger partial charge in [0.25, 0.3) is 0 Å². The standard InChI is InChI=1S/C9H10ClO5P.Na/c1-2-14-16(12,13)9(11)15-8-5-3-7(10)4-6-8;/h3-6H,2H2,1H3,(H,12,13);. The van der Waals surface area contributed by atoms with Crippen molar-refractivity contribution in [3.63, 3.8) is 0 Å². The van der Waals surface area contributed by atoms with Crippen molar-refractivity contribution in [3.8, 4) is 5.75 Å². The van der Waals surface area contributed by atoms with Crippen LogP contribution >= 0.6 is 19.2 Å². The number of rotatable bonds is 4. The monoisotopic (exact) mass is 287 g/mol. The molecule has 1 unspecified atom stereocenters. The fraction of sp³-hybridized carbons (Fsp3) is 0.222. The van der Waals surface area contributed by atoms with Crippen LogP contribution in [0.4, 0.5) is 4.79 Å². The molecule has 0 amide bonds. The normalized spacial score (nSPS) is 13.4. The number of hydrogen-bond acceptors (Lipinski definition) is 4. The smallest absolute Gasteiger partial charge is 0.417 e. The Morgan fingerprint density at radius 1 is 1.41 bits per heavy atom. The first-order valence-corrected chi connectivity index (χ1v) is 6.36. The first-order chi connectivity index (χ1) is 7.45. The molecule has 0 spiro atoms. The van der Waals surface area contributed by atoms with Crippen molar-refractivity contribution in [2.45, 2.75) is 6.92 Å². The minimum absolute atomic E-state index is 0. The van der Waals surface area contributed by atoms with Gasteiger partial charge in [-0.3, -0.25) is 0 Å². The summed E-state index contributed by atoms with van der Waals surface area (Å²) in [5.41, 5.74) is -1.31. The zero-order valence-electron chi connectivity index (χ0n) is 9.42. The third kappa shape index (κ3) is 5.53. The quantitative estimate of drug-likeness (QED) is 0.681. The van der Waals surface area contributed by atoms with E-state index in [0.29, 0.717) is 5.02 Å². The molecule has 1 atom stereocenters. The van der Waals surface area contributed by atoms with E-state index in [1.807, 2.05) is 0 Å². The summed E-state index contributed by atoms with van der Waals surface area (Å²) in [6, 6.07) is 5.80. The molecule has 0 aliphatic rings. The molecule has 0 heterocycles. The fourth-order valence-electron chi connectivity index (χ4n) is 0.889. The minimum Gasteiger partial charge on any atom is -0.417 e. The molecule has 5 nitrogen and oxygen atoms in total. The third-order valence-electron chi connectivity index (χ3n) is 1.55. The van der Waals surface area contributed by atoms with Crippen molar-refractivity contribution in [1.82, 2.24) is 0 Å². The largest absolute Gasteiger partial charge is 0.436 e. The number of hydrogen-bond donors (Lipinski definition) is 1. The molecule has 1 rings (SSSR count). The van der Waals surface area contributed by atoms with Gasteiger partial charge in [-0.05, 0) is 31.2 Å². The van der Waals surface area contributed by atoms with Crippen molar-refractivity contribution in [3.05, 3.63) is 29.3 Å². The summed E-state index contributed by atoms with van der Waals surface area (Å²) >= 11 is 5.62. The van der Waals surface area contributed by atoms with Gasteiger partial charge >= 0.3 is 13.3 Å². The SMILES string of the molecule is CCOP(=O)(O)C(=O)Oc1ccc(Cl)cc1.[Na]. The van der Waals surface area contributed by atoms with E-state index in [2.05, 4.69) is 9.26 Å². The zero-order chi connectivity index (χ0) is 12.2. The number of ether oxygens (including phenoxy) is 1. The van der Waals surface area contributed by atoms with Crippen LogP contribution in [0.5, 0.6) is 5.75 Å². The Morgan fingerprint density at radius 2 is 1.94 bits per heavy atom. The maximum Gasteiger partial charge on any atom is 0.436 e.